The number of para-hydroxylation sites is 1. The Morgan fingerprint density at radius 1 is 0.759 bits per heavy atom. The van der Waals surface area contributed by atoms with Gasteiger partial charge in [0, 0.05) is 11.6 Å². The van der Waals surface area contributed by atoms with E-state index >= 15 is 0 Å². The molecule has 0 aliphatic carbocycles. The zero-order chi connectivity index (χ0) is 20.2. The standard InChI is InChI=1S/C23H18N2O3S/c1-15-21(23(26)25(24-15)16-9-3-2-4-10-16)22-17-11-5-7-13-19(17)29(27,28)20-14-8-6-12-18(20)22/h2-14,21-22H,1H3/t21-/m0/s1. The van der Waals surface area contributed by atoms with Gasteiger partial charge in [-0.1, -0.05) is 54.6 Å². The van der Waals surface area contributed by atoms with Crippen LogP contribution in [0.5, 0.6) is 0 Å². The summed E-state index contributed by atoms with van der Waals surface area (Å²) in [6.45, 7) is 1.83. The maximum Gasteiger partial charge on any atom is 0.257 e. The topological polar surface area (TPSA) is 66.8 Å². The molecule has 1 atom stereocenters. The first-order chi connectivity index (χ1) is 14.0. The quantitative estimate of drug-likeness (QED) is 0.651. The summed E-state index contributed by atoms with van der Waals surface area (Å²) in [6, 6.07) is 23.2. The number of carbonyl (C=O) groups excluding carboxylic acids is 1. The van der Waals surface area contributed by atoms with Crippen LogP contribution in [-0.2, 0) is 14.6 Å². The van der Waals surface area contributed by atoms with Gasteiger partial charge in [-0.05, 0) is 42.3 Å². The van der Waals surface area contributed by atoms with Crippen molar-refractivity contribution in [2.24, 2.45) is 11.0 Å². The summed E-state index contributed by atoms with van der Waals surface area (Å²) in [5, 5.41) is 5.95. The molecule has 0 N–H and O–H groups in total. The Kier molecular flexibility index (Phi) is 3.93. The van der Waals surface area contributed by atoms with E-state index in [-0.39, 0.29) is 15.7 Å². The summed E-state index contributed by atoms with van der Waals surface area (Å²) >= 11 is 0. The highest BCUT2D eigenvalue weighted by molar-refractivity contribution is 7.91. The lowest BCUT2D eigenvalue weighted by Crippen LogP contribution is -2.34. The predicted molar refractivity (Wildman–Crippen MR) is 111 cm³/mol. The molecule has 5 nitrogen and oxygen atoms in total. The summed E-state index contributed by atoms with van der Waals surface area (Å²) < 4.78 is 26.4. The zero-order valence-corrected chi connectivity index (χ0v) is 16.5. The molecule has 0 bridgehead atoms. The van der Waals surface area contributed by atoms with Crippen LogP contribution in [0.1, 0.15) is 24.0 Å². The molecule has 3 aromatic rings. The van der Waals surface area contributed by atoms with E-state index in [4.69, 9.17) is 0 Å². The molecule has 2 heterocycles. The van der Waals surface area contributed by atoms with E-state index in [1.807, 2.05) is 49.4 Å². The molecule has 0 spiro atoms. The Labute approximate surface area is 169 Å². The van der Waals surface area contributed by atoms with Gasteiger partial charge in [-0.3, -0.25) is 4.79 Å². The van der Waals surface area contributed by atoms with Gasteiger partial charge in [-0.2, -0.15) is 5.10 Å². The second-order valence-corrected chi connectivity index (χ2v) is 9.15. The third-order valence-electron chi connectivity index (χ3n) is 5.60. The molecule has 5 rings (SSSR count). The van der Waals surface area contributed by atoms with E-state index in [9.17, 15) is 13.2 Å². The van der Waals surface area contributed by atoms with Gasteiger partial charge in [0.1, 0.15) is 0 Å². The fraction of sp³-hybridized carbons (Fsp3) is 0.130. The lowest BCUT2D eigenvalue weighted by molar-refractivity contribution is -0.120. The van der Waals surface area contributed by atoms with Gasteiger partial charge in [0.05, 0.1) is 21.4 Å². The van der Waals surface area contributed by atoms with Gasteiger partial charge >= 0.3 is 0 Å². The average molecular weight is 402 g/mol. The van der Waals surface area contributed by atoms with Gasteiger partial charge < -0.3 is 0 Å². The molecular weight excluding hydrogens is 384 g/mol. The van der Waals surface area contributed by atoms with Crippen LogP contribution in [0.2, 0.25) is 0 Å². The first kappa shape index (κ1) is 17.8. The minimum absolute atomic E-state index is 0.150. The second-order valence-electron chi connectivity index (χ2n) is 7.26. The lowest BCUT2D eigenvalue weighted by Gasteiger charge is -2.31. The normalized spacial score (nSPS) is 20.2. The molecule has 0 fully saturated rings. The van der Waals surface area contributed by atoms with Gasteiger partial charge in [-0.25, -0.2) is 13.4 Å². The number of anilines is 1. The largest absolute Gasteiger partial charge is 0.272 e. The highest BCUT2D eigenvalue weighted by atomic mass is 32.2. The Morgan fingerprint density at radius 3 is 1.86 bits per heavy atom. The molecule has 29 heavy (non-hydrogen) atoms. The number of hydrazone groups is 1. The van der Waals surface area contributed by atoms with Crippen molar-refractivity contribution in [2.45, 2.75) is 22.6 Å². The molecule has 0 saturated heterocycles. The SMILES string of the molecule is CC1=NN(c2ccccc2)C(=O)[C@@H]1C1c2ccccc2S(=O)(=O)c2ccccc21. The molecule has 2 aliphatic rings. The molecule has 0 unspecified atom stereocenters. The number of hydrogen-bond acceptors (Lipinski definition) is 4. The Bertz CT molecular complexity index is 1210. The fourth-order valence-corrected chi connectivity index (χ4v) is 6.09. The first-order valence-electron chi connectivity index (χ1n) is 9.37. The molecule has 0 radical (unpaired) electrons. The van der Waals surface area contributed by atoms with Crippen LogP contribution >= 0.6 is 0 Å². The van der Waals surface area contributed by atoms with E-state index in [1.165, 1.54) is 5.01 Å². The maximum absolute atomic E-state index is 13.5. The van der Waals surface area contributed by atoms with Crippen LogP contribution < -0.4 is 5.01 Å². The number of amides is 1. The van der Waals surface area contributed by atoms with E-state index in [0.717, 1.165) is 0 Å². The monoisotopic (exact) mass is 402 g/mol. The van der Waals surface area contributed by atoms with Crippen LogP contribution in [0.15, 0.2) is 93.8 Å². The third-order valence-corrected chi connectivity index (χ3v) is 7.51. The number of fused-ring (bicyclic) bond motifs is 2. The van der Waals surface area contributed by atoms with Crippen LogP contribution in [0.25, 0.3) is 0 Å². The summed E-state index contributed by atoms with van der Waals surface area (Å²) in [6.07, 6.45) is 0. The van der Waals surface area contributed by atoms with Crippen molar-refractivity contribution in [1.82, 2.24) is 0 Å². The van der Waals surface area contributed by atoms with E-state index in [0.29, 0.717) is 22.5 Å². The van der Waals surface area contributed by atoms with Gasteiger partial charge in [0.25, 0.3) is 5.91 Å². The third kappa shape index (κ3) is 2.56. The van der Waals surface area contributed by atoms with Gasteiger partial charge in [0.2, 0.25) is 9.84 Å². The molecule has 0 saturated carbocycles. The van der Waals surface area contributed by atoms with Gasteiger partial charge in [0.15, 0.2) is 0 Å². The number of sulfone groups is 1. The van der Waals surface area contributed by atoms with Crippen molar-refractivity contribution in [1.29, 1.82) is 0 Å². The highest BCUT2D eigenvalue weighted by Crippen LogP contribution is 2.47. The Morgan fingerprint density at radius 2 is 1.28 bits per heavy atom. The predicted octanol–water partition coefficient (Wildman–Crippen LogP) is 4.00. The molecule has 144 valence electrons. The number of benzene rings is 3. The lowest BCUT2D eigenvalue weighted by atomic mass is 9.78. The van der Waals surface area contributed by atoms with Crippen LogP contribution in [-0.4, -0.2) is 20.0 Å². The van der Waals surface area contributed by atoms with Crippen molar-refractivity contribution in [3.8, 4) is 0 Å². The Balaban J connectivity index is 1.70. The van der Waals surface area contributed by atoms with Crippen LogP contribution in [0.4, 0.5) is 5.69 Å². The first-order valence-corrected chi connectivity index (χ1v) is 10.9. The van der Waals surface area contributed by atoms with Crippen molar-refractivity contribution < 1.29 is 13.2 Å². The van der Waals surface area contributed by atoms with Crippen molar-refractivity contribution in [2.75, 3.05) is 5.01 Å². The van der Waals surface area contributed by atoms with E-state index in [2.05, 4.69) is 5.10 Å². The molecule has 1 amide bonds. The number of hydrogen-bond donors (Lipinski definition) is 0. The number of nitrogens with zero attached hydrogens (tertiary/aromatic N) is 2. The Hall–Kier alpha value is -3.25. The summed E-state index contributed by atoms with van der Waals surface area (Å²) in [5.41, 5.74) is 2.67. The van der Waals surface area contributed by atoms with Crippen molar-refractivity contribution in [3.05, 3.63) is 90.0 Å². The molecular formula is C23H18N2O3S. The molecule has 3 aromatic carbocycles. The smallest absolute Gasteiger partial charge is 0.257 e. The number of carbonyl (C=O) groups is 1. The minimum atomic E-state index is -3.63. The summed E-state index contributed by atoms with van der Waals surface area (Å²) in [5.74, 6) is -1.12. The second kappa shape index (κ2) is 6.39. The highest BCUT2D eigenvalue weighted by Gasteiger charge is 2.46. The van der Waals surface area contributed by atoms with E-state index < -0.39 is 21.7 Å². The number of rotatable bonds is 2. The van der Waals surface area contributed by atoms with Crippen molar-refractivity contribution >= 4 is 27.1 Å². The molecule has 2 aliphatic heterocycles. The van der Waals surface area contributed by atoms with Crippen molar-refractivity contribution in [3.63, 3.8) is 0 Å². The van der Waals surface area contributed by atoms with Crippen LogP contribution in [0.3, 0.4) is 0 Å². The minimum Gasteiger partial charge on any atom is -0.272 e. The van der Waals surface area contributed by atoms with Gasteiger partial charge in [-0.15, -0.1) is 0 Å². The molecule has 6 heteroatoms. The fourth-order valence-electron chi connectivity index (χ4n) is 4.33. The van der Waals surface area contributed by atoms with Crippen LogP contribution in [0, 0.1) is 5.92 Å². The summed E-state index contributed by atoms with van der Waals surface area (Å²) in [4.78, 5) is 14.0. The summed E-state index contributed by atoms with van der Waals surface area (Å²) in [7, 11) is -3.63. The van der Waals surface area contributed by atoms with E-state index in [1.54, 1.807) is 36.4 Å². The zero-order valence-electron chi connectivity index (χ0n) is 15.7. The maximum atomic E-state index is 13.5. The molecule has 0 aromatic heterocycles. The average Bonchev–Trinajstić information content (AvgIpc) is 3.04.